The minimum Gasteiger partial charge on any atom is -0.480 e. The maximum atomic E-state index is 11.7. The van der Waals surface area contributed by atoms with Crippen LogP contribution in [0.15, 0.2) is 71.6 Å². The molecule has 0 aliphatic carbocycles. The smallest absolute Gasteiger partial charge is 0.321 e. The van der Waals surface area contributed by atoms with E-state index in [4.69, 9.17) is 0 Å². The Kier molecular flexibility index (Phi) is 6.55. The summed E-state index contributed by atoms with van der Waals surface area (Å²) in [6.07, 6.45) is 0.432. The van der Waals surface area contributed by atoms with E-state index in [1.54, 1.807) is 0 Å². The van der Waals surface area contributed by atoms with Crippen molar-refractivity contribution in [1.29, 1.82) is 0 Å². The Morgan fingerprint density at radius 3 is 2.29 bits per heavy atom. The molecule has 0 bridgehead atoms. The molecule has 28 heavy (non-hydrogen) atoms. The van der Waals surface area contributed by atoms with Crippen LogP contribution in [0.4, 0.5) is 0 Å². The minimum atomic E-state index is -0.848. The lowest BCUT2D eigenvalue weighted by Crippen LogP contribution is -2.34. The summed E-state index contributed by atoms with van der Waals surface area (Å²) < 4.78 is 3.10. The van der Waals surface area contributed by atoms with Crippen LogP contribution in [0.25, 0.3) is 11.1 Å². The second kappa shape index (κ2) is 9.09. The summed E-state index contributed by atoms with van der Waals surface area (Å²) in [6, 6.07) is 21.8. The zero-order valence-electron chi connectivity index (χ0n) is 16.4. The van der Waals surface area contributed by atoms with E-state index in [9.17, 15) is 9.90 Å². The van der Waals surface area contributed by atoms with E-state index in [0.29, 0.717) is 6.42 Å². The molecule has 0 aliphatic heterocycles. The van der Waals surface area contributed by atoms with Gasteiger partial charge in [0.25, 0.3) is 0 Å². The molecule has 0 fully saturated rings. The number of hydrogen-bond acceptors (Lipinski definition) is 3. The fraction of sp³-hybridized carbons (Fsp3) is 0.208. The third kappa shape index (κ3) is 4.83. The molecular formula is C24H25NO2S. The Bertz CT molecular complexity index is 967. The minimum absolute atomic E-state index is 0.432. The molecule has 0 saturated carbocycles. The van der Waals surface area contributed by atoms with Gasteiger partial charge < -0.3 is 5.11 Å². The number of carbonyl (C=O) groups is 1. The quantitative estimate of drug-likeness (QED) is 0.517. The van der Waals surface area contributed by atoms with E-state index < -0.39 is 12.0 Å². The predicted octanol–water partition coefficient (Wildman–Crippen LogP) is 5.57. The summed E-state index contributed by atoms with van der Waals surface area (Å²) in [5, 5.41) is 9.61. The number of hydrogen-bond donors (Lipinski definition) is 2. The van der Waals surface area contributed by atoms with E-state index in [1.165, 1.54) is 28.6 Å². The zero-order chi connectivity index (χ0) is 20.1. The van der Waals surface area contributed by atoms with Gasteiger partial charge in [-0.1, -0.05) is 60.7 Å². The van der Waals surface area contributed by atoms with Crippen LogP contribution in [0, 0.1) is 20.8 Å². The molecule has 0 radical (unpaired) electrons. The van der Waals surface area contributed by atoms with Gasteiger partial charge >= 0.3 is 5.97 Å². The zero-order valence-corrected chi connectivity index (χ0v) is 17.2. The van der Waals surface area contributed by atoms with Crippen LogP contribution in [-0.2, 0) is 11.2 Å². The van der Waals surface area contributed by atoms with Gasteiger partial charge in [0.15, 0.2) is 0 Å². The number of nitrogens with one attached hydrogen (secondary N) is 1. The second-order valence-electron chi connectivity index (χ2n) is 7.02. The first-order valence-corrected chi connectivity index (χ1v) is 10.1. The molecule has 0 amide bonds. The largest absolute Gasteiger partial charge is 0.480 e. The second-order valence-corrected chi connectivity index (χ2v) is 7.90. The van der Waals surface area contributed by atoms with Crippen molar-refractivity contribution >= 4 is 17.9 Å². The molecule has 4 heteroatoms. The highest BCUT2D eigenvalue weighted by molar-refractivity contribution is 7.97. The molecule has 0 aromatic heterocycles. The van der Waals surface area contributed by atoms with Crippen LogP contribution in [0.3, 0.4) is 0 Å². The fourth-order valence-corrected chi connectivity index (χ4v) is 3.93. The lowest BCUT2D eigenvalue weighted by Gasteiger charge is -2.15. The number of rotatable bonds is 7. The number of aryl methyl sites for hydroxylation is 2. The van der Waals surface area contributed by atoms with E-state index in [2.05, 4.69) is 48.9 Å². The van der Waals surface area contributed by atoms with Crippen molar-refractivity contribution in [3.05, 3.63) is 89.0 Å². The van der Waals surface area contributed by atoms with Crippen LogP contribution < -0.4 is 4.72 Å². The third-order valence-corrected chi connectivity index (χ3v) is 6.09. The molecule has 1 unspecified atom stereocenters. The summed E-state index contributed by atoms with van der Waals surface area (Å²) in [5.74, 6) is -0.848. The topological polar surface area (TPSA) is 49.3 Å². The summed E-state index contributed by atoms with van der Waals surface area (Å²) in [5.41, 5.74) is 7.04. The van der Waals surface area contributed by atoms with Gasteiger partial charge in [0.2, 0.25) is 0 Å². The molecule has 0 aliphatic rings. The molecule has 144 valence electrons. The van der Waals surface area contributed by atoms with Crippen LogP contribution >= 0.6 is 11.9 Å². The SMILES string of the molecule is Cc1ccccc1SNC(Cc1ccc(-c2cccc(C)c2C)cc1)C(=O)O. The molecular weight excluding hydrogens is 366 g/mol. The Balaban J connectivity index is 1.71. The van der Waals surface area contributed by atoms with Crippen LogP contribution in [0.5, 0.6) is 0 Å². The van der Waals surface area contributed by atoms with Gasteiger partial charge in [-0.25, -0.2) is 4.72 Å². The maximum Gasteiger partial charge on any atom is 0.321 e. The molecule has 3 aromatic rings. The average molecular weight is 392 g/mol. The van der Waals surface area contributed by atoms with Crippen molar-refractivity contribution in [2.75, 3.05) is 0 Å². The Hall–Kier alpha value is -2.56. The van der Waals surface area contributed by atoms with Gasteiger partial charge in [-0.2, -0.15) is 0 Å². The highest BCUT2D eigenvalue weighted by Crippen LogP contribution is 2.26. The predicted molar refractivity (Wildman–Crippen MR) is 117 cm³/mol. The lowest BCUT2D eigenvalue weighted by atomic mass is 9.95. The molecule has 0 heterocycles. The number of carboxylic acids is 1. The Morgan fingerprint density at radius 2 is 1.61 bits per heavy atom. The molecule has 1 atom stereocenters. The van der Waals surface area contributed by atoms with Crippen molar-refractivity contribution < 1.29 is 9.90 Å². The fourth-order valence-electron chi connectivity index (χ4n) is 3.10. The van der Waals surface area contributed by atoms with E-state index in [0.717, 1.165) is 21.6 Å². The normalized spacial score (nSPS) is 12.0. The van der Waals surface area contributed by atoms with Gasteiger partial charge in [-0.15, -0.1) is 0 Å². The van der Waals surface area contributed by atoms with Crippen molar-refractivity contribution in [2.24, 2.45) is 0 Å². The summed E-state index contributed by atoms with van der Waals surface area (Å²) >= 11 is 1.38. The van der Waals surface area contributed by atoms with E-state index in [-0.39, 0.29) is 0 Å². The van der Waals surface area contributed by atoms with Crippen LogP contribution in [0.1, 0.15) is 22.3 Å². The van der Waals surface area contributed by atoms with Crippen molar-refractivity contribution in [3.8, 4) is 11.1 Å². The van der Waals surface area contributed by atoms with E-state index >= 15 is 0 Å². The summed E-state index contributed by atoms with van der Waals surface area (Å²) in [6.45, 7) is 6.26. The van der Waals surface area contributed by atoms with Crippen molar-refractivity contribution in [2.45, 2.75) is 38.1 Å². The molecule has 0 saturated heterocycles. The van der Waals surface area contributed by atoms with Crippen molar-refractivity contribution in [1.82, 2.24) is 4.72 Å². The molecule has 0 spiro atoms. The van der Waals surface area contributed by atoms with Crippen LogP contribution in [0.2, 0.25) is 0 Å². The standard InChI is InChI=1S/C24H25NO2S/c1-16-8-6-9-21(18(16)3)20-13-11-19(12-14-20)15-22(24(26)27)25-28-23-10-5-4-7-17(23)2/h4-14,22,25H,15H2,1-3H3,(H,26,27). The Labute approximate surface area is 170 Å². The Morgan fingerprint density at radius 1 is 0.929 bits per heavy atom. The lowest BCUT2D eigenvalue weighted by molar-refractivity contribution is -0.138. The van der Waals surface area contributed by atoms with Gasteiger partial charge in [0.05, 0.1) is 0 Å². The first-order chi connectivity index (χ1) is 13.5. The van der Waals surface area contributed by atoms with Gasteiger partial charge in [-0.05, 0) is 78.6 Å². The third-order valence-electron chi connectivity index (χ3n) is 5.01. The number of carboxylic acid groups (broad SMARTS) is 1. The molecule has 3 rings (SSSR count). The van der Waals surface area contributed by atoms with Gasteiger partial charge in [-0.3, -0.25) is 4.79 Å². The molecule has 2 N–H and O–H groups in total. The monoisotopic (exact) mass is 391 g/mol. The number of benzene rings is 3. The van der Waals surface area contributed by atoms with Gasteiger partial charge in [0, 0.05) is 4.90 Å². The van der Waals surface area contributed by atoms with Crippen molar-refractivity contribution in [3.63, 3.8) is 0 Å². The highest BCUT2D eigenvalue weighted by atomic mass is 32.2. The molecule has 3 aromatic carbocycles. The van der Waals surface area contributed by atoms with Crippen LogP contribution in [-0.4, -0.2) is 17.1 Å². The van der Waals surface area contributed by atoms with E-state index in [1.807, 2.05) is 43.3 Å². The summed E-state index contributed by atoms with van der Waals surface area (Å²) in [4.78, 5) is 12.7. The summed E-state index contributed by atoms with van der Waals surface area (Å²) in [7, 11) is 0. The van der Waals surface area contributed by atoms with Gasteiger partial charge in [0.1, 0.15) is 6.04 Å². The maximum absolute atomic E-state index is 11.7. The average Bonchev–Trinajstić information content (AvgIpc) is 2.69. The number of aliphatic carboxylic acids is 1. The first kappa shape index (κ1) is 20.2. The first-order valence-electron chi connectivity index (χ1n) is 9.32. The highest BCUT2D eigenvalue weighted by Gasteiger charge is 2.18. The molecule has 3 nitrogen and oxygen atoms in total.